The molecule has 0 radical (unpaired) electrons. The van der Waals surface area contributed by atoms with Gasteiger partial charge >= 0.3 is 6.09 Å². The van der Waals surface area contributed by atoms with Crippen molar-refractivity contribution in [1.29, 1.82) is 5.26 Å². The molecule has 3 rings (SSSR count). The quantitative estimate of drug-likeness (QED) is 0.850. The number of nitriles is 1. The Labute approximate surface area is 164 Å². The zero-order valence-corrected chi connectivity index (χ0v) is 15.9. The fourth-order valence-corrected chi connectivity index (χ4v) is 3.66. The van der Waals surface area contributed by atoms with Crippen LogP contribution in [0.4, 0.5) is 10.5 Å². The van der Waals surface area contributed by atoms with E-state index in [1.807, 2.05) is 0 Å². The zero-order chi connectivity index (χ0) is 20.1. The minimum atomic E-state index is -0.442. The summed E-state index contributed by atoms with van der Waals surface area (Å²) in [4.78, 5) is 40.0. The second kappa shape index (κ2) is 8.74. The van der Waals surface area contributed by atoms with Crippen molar-refractivity contribution < 1.29 is 19.1 Å². The molecule has 1 unspecified atom stereocenters. The van der Waals surface area contributed by atoms with Gasteiger partial charge in [-0.15, -0.1) is 0 Å². The molecule has 2 aliphatic rings. The fraction of sp³-hybridized carbons (Fsp3) is 0.500. The molecule has 0 aromatic heterocycles. The number of likely N-dealkylation sites (tertiary alicyclic amines) is 1. The van der Waals surface area contributed by atoms with Gasteiger partial charge in [0.05, 0.1) is 23.8 Å². The topological polar surface area (TPSA) is 103 Å². The Hall–Kier alpha value is -3.08. The Morgan fingerprint density at radius 1 is 1.29 bits per heavy atom. The number of nitrogens with one attached hydrogen (secondary N) is 1. The molecule has 8 nitrogen and oxygen atoms in total. The second-order valence-corrected chi connectivity index (χ2v) is 7.00. The monoisotopic (exact) mass is 384 g/mol. The molecule has 148 valence electrons. The van der Waals surface area contributed by atoms with Crippen molar-refractivity contribution in [3.63, 3.8) is 0 Å². The lowest BCUT2D eigenvalue weighted by atomic mass is 10.0. The van der Waals surface area contributed by atoms with Gasteiger partial charge in [-0.05, 0) is 31.9 Å². The molecule has 3 amide bonds. The van der Waals surface area contributed by atoms with E-state index in [4.69, 9.17) is 4.74 Å². The number of para-hydroxylation sites is 1. The minimum Gasteiger partial charge on any atom is -0.450 e. The number of amides is 3. The molecule has 0 spiro atoms. The first-order valence-corrected chi connectivity index (χ1v) is 9.55. The van der Waals surface area contributed by atoms with Crippen LogP contribution >= 0.6 is 0 Å². The lowest BCUT2D eigenvalue weighted by Crippen LogP contribution is -2.48. The zero-order valence-electron chi connectivity index (χ0n) is 15.9. The van der Waals surface area contributed by atoms with Crippen molar-refractivity contribution in [2.24, 2.45) is 5.92 Å². The highest BCUT2D eigenvalue weighted by Crippen LogP contribution is 2.28. The largest absolute Gasteiger partial charge is 0.450 e. The molecular weight excluding hydrogens is 360 g/mol. The molecule has 0 aliphatic carbocycles. The predicted octanol–water partition coefficient (Wildman–Crippen LogP) is 1.65. The van der Waals surface area contributed by atoms with E-state index >= 15 is 0 Å². The van der Waals surface area contributed by atoms with Gasteiger partial charge in [-0.1, -0.05) is 12.1 Å². The minimum absolute atomic E-state index is 0.0197. The van der Waals surface area contributed by atoms with Crippen LogP contribution in [0.5, 0.6) is 0 Å². The van der Waals surface area contributed by atoms with Gasteiger partial charge in [0.15, 0.2) is 0 Å². The smallest absolute Gasteiger partial charge is 0.409 e. The normalized spacial score (nSPS) is 20.0. The van der Waals surface area contributed by atoms with Crippen LogP contribution in [0.15, 0.2) is 24.3 Å². The van der Waals surface area contributed by atoms with Crippen LogP contribution in [0, 0.1) is 17.2 Å². The number of carbonyl (C=O) groups is 3. The van der Waals surface area contributed by atoms with E-state index in [9.17, 15) is 19.6 Å². The molecule has 2 heterocycles. The molecule has 0 saturated carbocycles. The number of hydrogen-bond donors (Lipinski definition) is 1. The molecule has 28 heavy (non-hydrogen) atoms. The number of hydrogen-bond acceptors (Lipinski definition) is 5. The van der Waals surface area contributed by atoms with Crippen LogP contribution in [0.3, 0.4) is 0 Å². The number of anilines is 1. The number of ether oxygens (including phenoxy) is 1. The van der Waals surface area contributed by atoms with Crippen LogP contribution in [0.1, 0.15) is 31.7 Å². The van der Waals surface area contributed by atoms with Gasteiger partial charge in [0.2, 0.25) is 11.8 Å². The highest BCUT2D eigenvalue weighted by Gasteiger charge is 2.37. The van der Waals surface area contributed by atoms with Gasteiger partial charge in [0.25, 0.3) is 0 Å². The Morgan fingerprint density at radius 2 is 2.00 bits per heavy atom. The van der Waals surface area contributed by atoms with Crippen LogP contribution in [0.2, 0.25) is 0 Å². The summed E-state index contributed by atoms with van der Waals surface area (Å²) in [5.74, 6) is -0.748. The van der Waals surface area contributed by atoms with Crippen molar-refractivity contribution in [3.05, 3.63) is 29.8 Å². The lowest BCUT2D eigenvalue weighted by Gasteiger charge is -2.32. The molecule has 2 fully saturated rings. The van der Waals surface area contributed by atoms with E-state index in [1.54, 1.807) is 36.1 Å². The number of benzene rings is 1. The number of nitrogens with zero attached hydrogens (tertiary/aromatic N) is 3. The molecule has 1 aromatic carbocycles. The fourth-order valence-electron chi connectivity index (χ4n) is 3.66. The third-order valence-corrected chi connectivity index (χ3v) is 5.18. The molecular formula is C20H24N4O4. The van der Waals surface area contributed by atoms with E-state index < -0.39 is 5.92 Å². The summed E-state index contributed by atoms with van der Waals surface area (Å²) >= 11 is 0. The maximum atomic E-state index is 12.6. The summed E-state index contributed by atoms with van der Waals surface area (Å²) in [6.45, 7) is 3.46. The summed E-state index contributed by atoms with van der Waals surface area (Å²) in [6.07, 6.45) is 1.13. The van der Waals surface area contributed by atoms with Crippen LogP contribution in [0.25, 0.3) is 0 Å². The highest BCUT2D eigenvalue weighted by molar-refractivity contribution is 6.01. The van der Waals surface area contributed by atoms with Gasteiger partial charge in [-0.2, -0.15) is 5.26 Å². The molecule has 1 atom stereocenters. The average molecular weight is 384 g/mol. The van der Waals surface area contributed by atoms with Crippen LogP contribution < -0.4 is 10.2 Å². The Balaban J connectivity index is 1.54. The maximum Gasteiger partial charge on any atom is 0.409 e. The average Bonchev–Trinajstić information content (AvgIpc) is 3.10. The standard InChI is InChI=1S/C20H24N4O4/c1-2-28-20(27)23-9-7-16(8-10-23)22-19(26)15-11-18(25)24(13-15)17-6-4-3-5-14(17)12-21/h3-6,15-16H,2,7-11,13H2,1H3,(H,22,26). The molecule has 2 aliphatic heterocycles. The molecule has 2 saturated heterocycles. The van der Waals surface area contributed by atoms with E-state index in [0.29, 0.717) is 43.8 Å². The highest BCUT2D eigenvalue weighted by atomic mass is 16.6. The number of piperidine rings is 1. The lowest BCUT2D eigenvalue weighted by molar-refractivity contribution is -0.127. The first-order chi connectivity index (χ1) is 13.5. The van der Waals surface area contributed by atoms with E-state index in [-0.39, 0.29) is 36.9 Å². The van der Waals surface area contributed by atoms with Gasteiger partial charge < -0.3 is 19.9 Å². The summed E-state index contributed by atoms with van der Waals surface area (Å²) in [7, 11) is 0. The Bertz CT molecular complexity index is 796. The van der Waals surface area contributed by atoms with Crippen molar-refractivity contribution in [1.82, 2.24) is 10.2 Å². The van der Waals surface area contributed by atoms with Gasteiger partial charge in [-0.25, -0.2) is 4.79 Å². The summed E-state index contributed by atoms with van der Waals surface area (Å²) in [5, 5.41) is 12.3. The van der Waals surface area contributed by atoms with Crippen molar-refractivity contribution >= 4 is 23.6 Å². The van der Waals surface area contributed by atoms with E-state index in [0.717, 1.165) is 0 Å². The van der Waals surface area contributed by atoms with Crippen molar-refractivity contribution in [3.8, 4) is 6.07 Å². The van der Waals surface area contributed by atoms with Crippen LogP contribution in [-0.2, 0) is 14.3 Å². The molecule has 1 N–H and O–H groups in total. The molecule has 8 heteroatoms. The first-order valence-electron chi connectivity index (χ1n) is 9.55. The third-order valence-electron chi connectivity index (χ3n) is 5.18. The Morgan fingerprint density at radius 3 is 2.68 bits per heavy atom. The molecule has 1 aromatic rings. The van der Waals surface area contributed by atoms with Crippen LogP contribution in [-0.4, -0.2) is 55.1 Å². The Kier molecular flexibility index (Phi) is 6.14. The van der Waals surface area contributed by atoms with Gasteiger partial charge in [0.1, 0.15) is 6.07 Å². The number of carbonyl (C=O) groups excluding carboxylic acids is 3. The number of rotatable bonds is 4. The van der Waals surface area contributed by atoms with Crippen molar-refractivity contribution in [2.45, 2.75) is 32.2 Å². The predicted molar refractivity (Wildman–Crippen MR) is 101 cm³/mol. The second-order valence-electron chi connectivity index (χ2n) is 7.00. The van der Waals surface area contributed by atoms with E-state index in [2.05, 4.69) is 11.4 Å². The van der Waals surface area contributed by atoms with Gasteiger partial charge in [0, 0.05) is 32.1 Å². The van der Waals surface area contributed by atoms with Gasteiger partial charge in [-0.3, -0.25) is 9.59 Å². The maximum absolute atomic E-state index is 12.6. The van der Waals surface area contributed by atoms with E-state index in [1.165, 1.54) is 4.90 Å². The third kappa shape index (κ3) is 4.25. The first kappa shape index (κ1) is 19.7. The SMILES string of the molecule is CCOC(=O)N1CCC(NC(=O)C2CC(=O)N(c3ccccc3C#N)C2)CC1. The van der Waals surface area contributed by atoms with Crippen molar-refractivity contribution in [2.75, 3.05) is 31.1 Å². The summed E-state index contributed by atoms with van der Waals surface area (Å²) in [6, 6.07) is 8.97. The summed E-state index contributed by atoms with van der Waals surface area (Å²) in [5.41, 5.74) is 0.969. The summed E-state index contributed by atoms with van der Waals surface area (Å²) < 4.78 is 5.00. The molecule has 0 bridgehead atoms.